The van der Waals surface area contributed by atoms with Crippen LogP contribution in [0.25, 0.3) is 6.08 Å². The van der Waals surface area contributed by atoms with Crippen molar-refractivity contribution in [2.45, 2.75) is 0 Å². The molecule has 0 bridgehead atoms. The number of esters is 1. The number of hydrogen-bond acceptors (Lipinski definition) is 4. The number of halogens is 1. The third-order valence-electron chi connectivity index (χ3n) is 3.12. The molecule has 1 heterocycles. The number of nitrogens with zero attached hydrogens (tertiary/aromatic N) is 1. The van der Waals surface area contributed by atoms with Crippen molar-refractivity contribution >= 4 is 17.9 Å². The van der Waals surface area contributed by atoms with Crippen LogP contribution < -0.4 is 4.74 Å². The molecule has 2 aromatic carbocycles. The highest BCUT2D eigenvalue weighted by Crippen LogP contribution is 2.24. The number of methoxy groups -OCH3 is 1. The maximum absolute atomic E-state index is 13.2. The van der Waals surface area contributed by atoms with Crippen LogP contribution in [0.5, 0.6) is 5.75 Å². The summed E-state index contributed by atoms with van der Waals surface area (Å²) < 4.78 is 23.6. The predicted molar refractivity (Wildman–Crippen MR) is 80.0 cm³/mol. The van der Waals surface area contributed by atoms with E-state index in [1.54, 1.807) is 31.4 Å². The van der Waals surface area contributed by atoms with Gasteiger partial charge >= 0.3 is 5.97 Å². The van der Waals surface area contributed by atoms with Gasteiger partial charge in [0, 0.05) is 11.1 Å². The van der Waals surface area contributed by atoms with Crippen LogP contribution in [0.2, 0.25) is 0 Å². The summed E-state index contributed by atoms with van der Waals surface area (Å²) in [5.74, 6) is -0.286. The summed E-state index contributed by atoms with van der Waals surface area (Å²) in [7, 11) is 1.55. The van der Waals surface area contributed by atoms with Gasteiger partial charge in [0.2, 0.25) is 5.90 Å². The molecule has 0 amide bonds. The molecular formula is C17H12FNO3. The molecular weight excluding hydrogens is 285 g/mol. The van der Waals surface area contributed by atoms with Gasteiger partial charge < -0.3 is 9.47 Å². The van der Waals surface area contributed by atoms with Crippen LogP contribution in [0, 0.1) is 5.82 Å². The number of rotatable bonds is 3. The molecule has 4 nitrogen and oxygen atoms in total. The van der Waals surface area contributed by atoms with Gasteiger partial charge in [-0.1, -0.05) is 24.3 Å². The second-order valence-corrected chi connectivity index (χ2v) is 4.59. The highest BCUT2D eigenvalue weighted by molar-refractivity contribution is 6.12. The summed E-state index contributed by atoms with van der Waals surface area (Å²) in [4.78, 5) is 16.0. The van der Waals surface area contributed by atoms with Gasteiger partial charge in [-0.2, -0.15) is 0 Å². The molecule has 3 rings (SSSR count). The zero-order valence-corrected chi connectivity index (χ0v) is 11.7. The highest BCUT2D eigenvalue weighted by Gasteiger charge is 2.24. The van der Waals surface area contributed by atoms with E-state index in [0.29, 0.717) is 16.9 Å². The molecule has 110 valence electrons. The SMILES string of the molecule is COc1ccccc1C=C1N=C(c2cccc(F)c2)OC1=O. The van der Waals surface area contributed by atoms with Crippen molar-refractivity contribution in [2.75, 3.05) is 7.11 Å². The summed E-state index contributed by atoms with van der Waals surface area (Å²) in [6.45, 7) is 0. The van der Waals surface area contributed by atoms with Crippen molar-refractivity contribution in [3.8, 4) is 5.75 Å². The molecule has 0 saturated carbocycles. The number of carbonyl (C=O) groups is 1. The Kier molecular flexibility index (Phi) is 3.70. The number of benzene rings is 2. The van der Waals surface area contributed by atoms with Crippen LogP contribution in [0.3, 0.4) is 0 Å². The summed E-state index contributed by atoms with van der Waals surface area (Å²) >= 11 is 0. The molecule has 0 saturated heterocycles. The van der Waals surface area contributed by atoms with Crippen molar-refractivity contribution < 1.29 is 18.7 Å². The lowest BCUT2D eigenvalue weighted by molar-refractivity contribution is -0.129. The molecule has 5 heteroatoms. The first kappa shape index (κ1) is 14.0. The average Bonchev–Trinajstić information content (AvgIpc) is 2.89. The molecule has 0 aliphatic carbocycles. The van der Waals surface area contributed by atoms with Crippen molar-refractivity contribution in [3.63, 3.8) is 0 Å². The Hall–Kier alpha value is -2.95. The van der Waals surface area contributed by atoms with Crippen LogP contribution in [-0.4, -0.2) is 19.0 Å². The zero-order valence-electron chi connectivity index (χ0n) is 11.7. The van der Waals surface area contributed by atoms with Crippen molar-refractivity contribution in [2.24, 2.45) is 4.99 Å². The third kappa shape index (κ3) is 2.74. The van der Waals surface area contributed by atoms with E-state index < -0.39 is 11.8 Å². The van der Waals surface area contributed by atoms with E-state index in [1.807, 2.05) is 12.1 Å². The Labute approximate surface area is 126 Å². The lowest BCUT2D eigenvalue weighted by atomic mass is 10.1. The minimum Gasteiger partial charge on any atom is -0.496 e. The lowest BCUT2D eigenvalue weighted by Crippen LogP contribution is -2.05. The molecule has 1 aliphatic rings. The topological polar surface area (TPSA) is 47.9 Å². The molecule has 22 heavy (non-hydrogen) atoms. The minimum atomic E-state index is -0.579. The average molecular weight is 297 g/mol. The molecule has 0 spiro atoms. The Bertz CT molecular complexity index is 796. The van der Waals surface area contributed by atoms with E-state index in [-0.39, 0.29) is 11.6 Å². The fraction of sp³-hybridized carbons (Fsp3) is 0.0588. The molecule has 0 aromatic heterocycles. The quantitative estimate of drug-likeness (QED) is 0.646. The fourth-order valence-electron chi connectivity index (χ4n) is 2.09. The van der Waals surface area contributed by atoms with Gasteiger partial charge in [-0.25, -0.2) is 14.2 Å². The first-order valence-corrected chi connectivity index (χ1v) is 6.59. The molecule has 2 aromatic rings. The molecule has 0 atom stereocenters. The first-order valence-electron chi connectivity index (χ1n) is 6.59. The monoisotopic (exact) mass is 297 g/mol. The third-order valence-corrected chi connectivity index (χ3v) is 3.12. The van der Waals surface area contributed by atoms with E-state index in [0.717, 1.165) is 0 Å². The normalized spacial score (nSPS) is 15.6. The van der Waals surface area contributed by atoms with Gasteiger partial charge in [0.15, 0.2) is 5.70 Å². The zero-order chi connectivity index (χ0) is 15.5. The maximum atomic E-state index is 13.2. The lowest BCUT2D eigenvalue weighted by Gasteiger charge is -2.03. The van der Waals surface area contributed by atoms with Crippen molar-refractivity contribution in [3.05, 3.63) is 71.2 Å². The molecule has 1 aliphatic heterocycles. The van der Waals surface area contributed by atoms with Crippen LogP contribution in [-0.2, 0) is 9.53 Å². The van der Waals surface area contributed by atoms with E-state index in [1.165, 1.54) is 18.2 Å². The van der Waals surface area contributed by atoms with Crippen LogP contribution in [0.15, 0.2) is 59.2 Å². The van der Waals surface area contributed by atoms with Crippen LogP contribution in [0.1, 0.15) is 11.1 Å². The van der Waals surface area contributed by atoms with Gasteiger partial charge in [-0.05, 0) is 30.3 Å². The van der Waals surface area contributed by atoms with Crippen LogP contribution >= 0.6 is 0 Å². The molecule has 0 fully saturated rings. The van der Waals surface area contributed by atoms with Crippen molar-refractivity contribution in [1.82, 2.24) is 0 Å². The number of hydrogen-bond donors (Lipinski definition) is 0. The predicted octanol–water partition coefficient (Wildman–Crippen LogP) is 3.18. The van der Waals surface area contributed by atoms with Gasteiger partial charge in [-0.15, -0.1) is 0 Å². The summed E-state index contributed by atoms with van der Waals surface area (Å²) in [5, 5.41) is 0. The largest absolute Gasteiger partial charge is 0.496 e. The molecule has 0 N–H and O–H groups in total. The Morgan fingerprint density at radius 2 is 2.00 bits per heavy atom. The summed E-state index contributed by atoms with van der Waals surface area (Å²) in [5.41, 5.74) is 1.27. The Morgan fingerprint density at radius 1 is 1.18 bits per heavy atom. The van der Waals surface area contributed by atoms with Gasteiger partial charge in [0.25, 0.3) is 0 Å². The van der Waals surface area contributed by atoms with E-state index in [9.17, 15) is 9.18 Å². The number of carbonyl (C=O) groups excluding carboxylic acids is 1. The number of ether oxygens (including phenoxy) is 2. The van der Waals surface area contributed by atoms with Crippen LogP contribution in [0.4, 0.5) is 4.39 Å². The Balaban J connectivity index is 1.98. The summed E-state index contributed by atoms with van der Waals surface area (Å²) in [6.07, 6.45) is 1.58. The molecule has 0 unspecified atom stereocenters. The second-order valence-electron chi connectivity index (χ2n) is 4.59. The summed E-state index contributed by atoms with van der Waals surface area (Å²) in [6, 6.07) is 13.0. The van der Waals surface area contributed by atoms with E-state index >= 15 is 0 Å². The smallest absolute Gasteiger partial charge is 0.363 e. The minimum absolute atomic E-state index is 0.0886. The number of cyclic esters (lactones) is 1. The Morgan fingerprint density at radius 3 is 2.77 bits per heavy atom. The van der Waals surface area contributed by atoms with Gasteiger partial charge in [-0.3, -0.25) is 0 Å². The number of para-hydroxylation sites is 1. The molecule has 0 radical (unpaired) electrons. The maximum Gasteiger partial charge on any atom is 0.363 e. The number of aliphatic imine (C=N–C) groups is 1. The van der Waals surface area contributed by atoms with Crippen molar-refractivity contribution in [1.29, 1.82) is 0 Å². The van der Waals surface area contributed by atoms with Gasteiger partial charge in [0.05, 0.1) is 7.11 Å². The highest BCUT2D eigenvalue weighted by atomic mass is 19.1. The fourth-order valence-corrected chi connectivity index (χ4v) is 2.09. The first-order chi connectivity index (χ1) is 10.7. The van der Waals surface area contributed by atoms with Gasteiger partial charge in [0.1, 0.15) is 11.6 Å². The van der Waals surface area contributed by atoms with E-state index in [4.69, 9.17) is 9.47 Å². The standard InChI is InChI=1S/C17H12FNO3/c1-21-15-8-3-2-5-11(15)10-14-17(20)22-16(19-14)12-6-4-7-13(18)9-12/h2-10H,1H3. The second kappa shape index (κ2) is 5.81. The van der Waals surface area contributed by atoms with E-state index in [2.05, 4.69) is 4.99 Å².